The molecule has 3 N–H and O–H groups in total. The number of nitrogens with one attached hydrogen (secondary N) is 1. The van der Waals surface area contributed by atoms with E-state index in [1.165, 1.54) is 36.4 Å². The van der Waals surface area contributed by atoms with Crippen LogP contribution in [0, 0.1) is 5.82 Å². The molecule has 16 heteroatoms. The first-order valence-corrected chi connectivity index (χ1v) is 18.5. The highest BCUT2D eigenvalue weighted by molar-refractivity contribution is 7.89. The van der Waals surface area contributed by atoms with Gasteiger partial charge in [-0.1, -0.05) is 82.8 Å². The predicted octanol–water partition coefficient (Wildman–Crippen LogP) is 8.51. The zero-order valence-electron chi connectivity index (χ0n) is 24.9. The van der Waals surface area contributed by atoms with E-state index in [1.807, 2.05) is 0 Å². The van der Waals surface area contributed by atoms with E-state index in [1.54, 1.807) is 48.5 Å². The number of phenolic OH excluding ortho intramolecular Hbond substituents is 2. The van der Waals surface area contributed by atoms with Crippen LogP contribution in [-0.4, -0.2) is 31.4 Å². The van der Waals surface area contributed by atoms with Crippen molar-refractivity contribution in [2.45, 2.75) is 29.4 Å². The molecule has 0 aliphatic heterocycles. The minimum atomic E-state index is -4.45. The van der Waals surface area contributed by atoms with E-state index in [4.69, 9.17) is 51.1 Å². The summed E-state index contributed by atoms with van der Waals surface area (Å²) in [6.07, 6.45) is 0. The van der Waals surface area contributed by atoms with Crippen LogP contribution in [0.15, 0.2) is 107 Å². The Morgan fingerprint density at radius 1 is 0.653 bits per heavy atom. The summed E-state index contributed by atoms with van der Waals surface area (Å²) in [6, 6.07) is 23.0. The van der Waals surface area contributed by atoms with Crippen LogP contribution in [0.1, 0.15) is 16.7 Å². The van der Waals surface area contributed by atoms with Gasteiger partial charge in [0, 0.05) is 29.7 Å². The Balaban J connectivity index is 1.41. The van der Waals surface area contributed by atoms with Crippen molar-refractivity contribution in [3.8, 4) is 23.0 Å². The summed E-state index contributed by atoms with van der Waals surface area (Å²) in [6.45, 7) is -0.619. The average Bonchev–Trinajstić information content (AvgIpc) is 3.05. The molecule has 0 heterocycles. The zero-order chi connectivity index (χ0) is 35.5. The van der Waals surface area contributed by atoms with Crippen molar-refractivity contribution in [1.29, 1.82) is 0 Å². The van der Waals surface area contributed by atoms with Crippen molar-refractivity contribution in [3.63, 3.8) is 0 Å². The summed E-state index contributed by atoms with van der Waals surface area (Å²) >= 11 is 24.0. The van der Waals surface area contributed by atoms with Gasteiger partial charge < -0.3 is 14.9 Å². The van der Waals surface area contributed by atoms with Crippen LogP contribution in [0.25, 0.3) is 0 Å². The van der Waals surface area contributed by atoms with E-state index in [2.05, 4.69) is 4.72 Å². The zero-order valence-corrected chi connectivity index (χ0v) is 29.6. The second-order valence-corrected chi connectivity index (χ2v) is 15.9. The smallest absolute Gasteiger partial charge is 0.247 e. The Hall–Kier alpha value is -3.59. The highest BCUT2D eigenvalue weighted by Crippen LogP contribution is 2.37. The van der Waals surface area contributed by atoms with Crippen LogP contribution in [0.4, 0.5) is 4.39 Å². The van der Waals surface area contributed by atoms with Gasteiger partial charge in [0.05, 0.1) is 10.0 Å². The summed E-state index contributed by atoms with van der Waals surface area (Å²) in [5.74, 6) is -0.917. The number of rotatable bonds is 12. The summed E-state index contributed by atoms with van der Waals surface area (Å²) in [5, 5.41) is 20.3. The highest BCUT2D eigenvalue weighted by atomic mass is 35.5. The number of hydrogen-bond acceptors (Lipinski definition) is 7. The molecule has 5 aromatic rings. The van der Waals surface area contributed by atoms with Crippen LogP contribution in [0.5, 0.6) is 23.0 Å². The molecule has 256 valence electrons. The number of halogens is 5. The summed E-state index contributed by atoms with van der Waals surface area (Å²) in [5.41, 5.74) is 1.48. The van der Waals surface area contributed by atoms with Crippen LogP contribution in [-0.2, 0) is 39.7 Å². The van der Waals surface area contributed by atoms with Crippen LogP contribution in [0.3, 0.4) is 0 Å². The second kappa shape index (κ2) is 15.1. The number of sulfonamides is 2. The van der Waals surface area contributed by atoms with Gasteiger partial charge in [-0.15, -0.1) is 0 Å². The monoisotopic (exact) mass is 784 g/mol. The maximum atomic E-state index is 14.0. The molecule has 0 saturated carbocycles. The van der Waals surface area contributed by atoms with E-state index in [9.17, 15) is 31.4 Å². The Morgan fingerprint density at radius 2 is 1.16 bits per heavy atom. The largest absolute Gasteiger partial charge is 0.505 e. The third kappa shape index (κ3) is 8.96. The van der Waals surface area contributed by atoms with Crippen molar-refractivity contribution in [1.82, 2.24) is 9.03 Å². The van der Waals surface area contributed by atoms with E-state index >= 15 is 0 Å². The molecule has 0 bridgehead atoms. The number of nitrogens with zero attached hydrogens (tertiary/aromatic N) is 1. The third-order valence-corrected chi connectivity index (χ3v) is 11.3. The lowest BCUT2D eigenvalue weighted by Crippen LogP contribution is -2.30. The van der Waals surface area contributed by atoms with E-state index in [0.717, 1.165) is 16.4 Å². The molecule has 0 fully saturated rings. The first kappa shape index (κ1) is 36.7. The van der Waals surface area contributed by atoms with Crippen LogP contribution >= 0.6 is 46.4 Å². The van der Waals surface area contributed by atoms with Gasteiger partial charge in [0.2, 0.25) is 20.0 Å². The molecule has 0 aliphatic carbocycles. The molecule has 0 atom stereocenters. The maximum Gasteiger partial charge on any atom is 0.247 e. The van der Waals surface area contributed by atoms with Gasteiger partial charge in [0.1, 0.15) is 27.1 Å². The molecule has 5 rings (SSSR count). The molecule has 0 radical (unpaired) electrons. The highest BCUT2D eigenvalue weighted by Gasteiger charge is 2.30. The first-order valence-electron chi connectivity index (χ1n) is 14.1. The normalized spacial score (nSPS) is 12.0. The minimum Gasteiger partial charge on any atom is -0.505 e. The molecule has 5 aromatic carbocycles. The summed E-state index contributed by atoms with van der Waals surface area (Å²) < 4.78 is 76.5. The molecular weight excluding hydrogens is 761 g/mol. The fourth-order valence-electron chi connectivity index (χ4n) is 4.65. The van der Waals surface area contributed by atoms with Crippen molar-refractivity contribution in [3.05, 3.63) is 140 Å². The van der Waals surface area contributed by atoms with Crippen molar-refractivity contribution >= 4 is 66.5 Å². The van der Waals surface area contributed by atoms with Crippen molar-refractivity contribution in [2.75, 3.05) is 0 Å². The van der Waals surface area contributed by atoms with E-state index < -0.39 is 47.2 Å². The van der Waals surface area contributed by atoms with Crippen LogP contribution < -0.4 is 9.46 Å². The number of ether oxygens (including phenoxy) is 1. The first-order chi connectivity index (χ1) is 23.1. The van der Waals surface area contributed by atoms with Gasteiger partial charge in [0.25, 0.3) is 0 Å². The molecule has 0 spiro atoms. The topological polar surface area (TPSA) is 133 Å². The lowest BCUT2D eigenvalue weighted by molar-refractivity contribution is 0.394. The Bertz CT molecular complexity index is 2220. The number of aromatic hydroxyl groups is 2. The van der Waals surface area contributed by atoms with Gasteiger partial charge in [-0.25, -0.2) is 25.9 Å². The average molecular weight is 787 g/mol. The summed E-state index contributed by atoms with van der Waals surface area (Å²) in [7, 11) is -8.71. The molecule has 0 aromatic heterocycles. The van der Waals surface area contributed by atoms with Gasteiger partial charge >= 0.3 is 0 Å². The standard InChI is InChI=1S/C33H25Cl4FN2O7S2/c34-23-13-28(36)32(41)30(15-23)48(43,44)39-17-21-2-1-3-22(12-21)19-40(49(45,46)31-16-24(35)14-29(37)33(31)42)18-20-4-8-26(9-5-20)47-27-10-6-25(38)7-11-27/h1-16,39,41-42H,17-19H2. The van der Waals surface area contributed by atoms with Gasteiger partial charge in [0.15, 0.2) is 11.5 Å². The molecule has 0 amide bonds. The SMILES string of the molecule is O=S(=O)(NCc1cccc(CN(Cc2ccc(Oc3ccc(F)cc3)cc2)S(=O)(=O)c2cc(Cl)cc(Cl)c2O)c1)c1cc(Cl)cc(Cl)c1O. The Kier molecular flexibility index (Phi) is 11.3. The fourth-order valence-corrected chi connectivity index (χ4v) is 8.59. The number of hydrogen-bond donors (Lipinski definition) is 3. The van der Waals surface area contributed by atoms with Crippen molar-refractivity contribution in [2.24, 2.45) is 0 Å². The minimum absolute atomic E-state index is 0.00791. The molecule has 0 unspecified atom stereocenters. The van der Waals surface area contributed by atoms with Gasteiger partial charge in [-0.05, 0) is 77.4 Å². The number of phenols is 2. The Morgan fingerprint density at radius 3 is 1.78 bits per heavy atom. The quantitative estimate of drug-likeness (QED) is 0.116. The predicted molar refractivity (Wildman–Crippen MR) is 186 cm³/mol. The lowest BCUT2D eigenvalue weighted by atomic mass is 10.1. The van der Waals surface area contributed by atoms with E-state index in [-0.39, 0.29) is 39.7 Å². The van der Waals surface area contributed by atoms with Crippen LogP contribution in [0.2, 0.25) is 20.1 Å². The third-order valence-electron chi connectivity index (χ3n) is 7.04. The van der Waals surface area contributed by atoms with Gasteiger partial charge in [-0.2, -0.15) is 4.31 Å². The molecule has 9 nitrogen and oxygen atoms in total. The molecule has 49 heavy (non-hydrogen) atoms. The molecule has 0 aliphatic rings. The van der Waals surface area contributed by atoms with Crippen molar-refractivity contribution < 1.29 is 36.2 Å². The van der Waals surface area contributed by atoms with E-state index in [0.29, 0.717) is 28.2 Å². The molecule has 0 saturated heterocycles. The lowest BCUT2D eigenvalue weighted by Gasteiger charge is -2.24. The Labute approximate surface area is 302 Å². The maximum absolute atomic E-state index is 14.0. The summed E-state index contributed by atoms with van der Waals surface area (Å²) in [4.78, 5) is -1.02. The van der Waals surface area contributed by atoms with Gasteiger partial charge in [-0.3, -0.25) is 0 Å². The number of benzene rings is 5. The fraction of sp³-hybridized carbons (Fsp3) is 0.0909. The second-order valence-electron chi connectivity index (χ2n) is 10.6. The molecular formula is C33H25Cl4FN2O7S2.